The quantitative estimate of drug-likeness (QED) is 0.406. The molecule has 3 aromatic carbocycles. The van der Waals surface area contributed by atoms with Crippen LogP contribution in [0.5, 0.6) is 0 Å². The minimum atomic E-state index is 0.227. The van der Waals surface area contributed by atoms with E-state index in [4.69, 9.17) is 0 Å². The highest BCUT2D eigenvalue weighted by molar-refractivity contribution is 9.10. The molecule has 0 spiro atoms. The van der Waals surface area contributed by atoms with Crippen LogP contribution in [0.2, 0.25) is 0 Å². The molecule has 1 atom stereocenters. The lowest BCUT2D eigenvalue weighted by Gasteiger charge is -2.18. The van der Waals surface area contributed by atoms with E-state index in [0.717, 1.165) is 4.47 Å². The van der Waals surface area contributed by atoms with Gasteiger partial charge in [0.2, 0.25) is 0 Å². The SMILES string of the molecule is Cn1cc(C(c2ccccc2)c2ccc(Br)cc2)c2ccccc21. The van der Waals surface area contributed by atoms with Crippen molar-refractivity contribution >= 4 is 26.8 Å². The van der Waals surface area contributed by atoms with Crippen LogP contribution in [-0.4, -0.2) is 4.57 Å². The molecule has 0 saturated carbocycles. The van der Waals surface area contributed by atoms with Crippen LogP contribution in [0.4, 0.5) is 0 Å². The number of hydrogen-bond donors (Lipinski definition) is 0. The predicted molar refractivity (Wildman–Crippen MR) is 104 cm³/mol. The van der Waals surface area contributed by atoms with Crippen molar-refractivity contribution in [3.8, 4) is 0 Å². The Labute approximate surface area is 150 Å². The standard InChI is InChI=1S/C22H18BrN/c1-24-15-20(19-9-5-6-10-21(19)24)22(16-7-3-2-4-8-16)17-11-13-18(23)14-12-17/h2-15,22H,1H3. The van der Waals surface area contributed by atoms with E-state index in [-0.39, 0.29) is 5.92 Å². The van der Waals surface area contributed by atoms with E-state index in [1.54, 1.807) is 0 Å². The van der Waals surface area contributed by atoms with Gasteiger partial charge in [0.1, 0.15) is 0 Å². The van der Waals surface area contributed by atoms with Crippen molar-refractivity contribution < 1.29 is 0 Å². The number of hydrogen-bond acceptors (Lipinski definition) is 0. The first-order chi connectivity index (χ1) is 11.7. The van der Waals surface area contributed by atoms with Crippen LogP contribution in [0.25, 0.3) is 10.9 Å². The van der Waals surface area contributed by atoms with E-state index in [1.807, 2.05) is 0 Å². The number of benzene rings is 3. The van der Waals surface area contributed by atoms with Gasteiger partial charge < -0.3 is 4.57 Å². The number of rotatable bonds is 3. The zero-order valence-corrected chi connectivity index (χ0v) is 15.1. The molecule has 0 bridgehead atoms. The van der Waals surface area contributed by atoms with Crippen molar-refractivity contribution in [2.45, 2.75) is 5.92 Å². The molecule has 118 valence electrons. The molecule has 1 unspecified atom stereocenters. The molecule has 1 aromatic heterocycles. The highest BCUT2D eigenvalue weighted by Gasteiger charge is 2.20. The lowest BCUT2D eigenvalue weighted by atomic mass is 9.85. The van der Waals surface area contributed by atoms with Gasteiger partial charge in [-0.3, -0.25) is 0 Å². The van der Waals surface area contributed by atoms with E-state index in [9.17, 15) is 0 Å². The van der Waals surface area contributed by atoms with Crippen molar-refractivity contribution in [1.29, 1.82) is 0 Å². The third-order valence-electron chi connectivity index (χ3n) is 4.58. The van der Waals surface area contributed by atoms with Crippen molar-refractivity contribution in [3.63, 3.8) is 0 Å². The molecule has 0 aliphatic carbocycles. The average molecular weight is 376 g/mol. The molecule has 0 fully saturated rings. The zero-order valence-electron chi connectivity index (χ0n) is 13.5. The van der Waals surface area contributed by atoms with Crippen molar-refractivity contribution in [2.24, 2.45) is 7.05 Å². The maximum atomic E-state index is 3.55. The summed E-state index contributed by atoms with van der Waals surface area (Å²) in [5.41, 5.74) is 5.24. The normalized spacial score (nSPS) is 12.4. The van der Waals surface area contributed by atoms with Crippen molar-refractivity contribution in [3.05, 3.63) is 106 Å². The molecule has 0 saturated heterocycles. The second-order valence-electron chi connectivity index (χ2n) is 6.11. The first-order valence-corrected chi connectivity index (χ1v) is 8.88. The highest BCUT2D eigenvalue weighted by atomic mass is 79.9. The summed E-state index contributed by atoms with van der Waals surface area (Å²) in [5, 5.41) is 1.32. The fourth-order valence-electron chi connectivity index (χ4n) is 3.46. The summed E-state index contributed by atoms with van der Waals surface area (Å²) in [6, 6.07) is 28.0. The number of para-hydroxylation sites is 1. The molecule has 0 aliphatic rings. The molecule has 4 rings (SSSR count). The number of aromatic nitrogens is 1. The summed E-state index contributed by atoms with van der Waals surface area (Å²) in [6.07, 6.45) is 2.27. The third kappa shape index (κ3) is 2.67. The van der Waals surface area contributed by atoms with Gasteiger partial charge in [-0.1, -0.05) is 76.6 Å². The highest BCUT2D eigenvalue weighted by Crippen LogP contribution is 2.37. The minimum Gasteiger partial charge on any atom is -0.350 e. The predicted octanol–water partition coefficient (Wildman–Crippen LogP) is 6.12. The van der Waals surface area contributed by atoms with Gasteiger partial charge >= 0.3 is 0 Å². The van der Waals surface area contributed by atoms with Gasteiger partial charge in [-0.25, -0.2) is 0 Å². The van der Waals surface area contributed by atoms with Gasteiger partial charge in [0.05, 0.1) is 0 Å². The number of fused-ring (bicyclic) bond motifs is 1. The Bertz CT molecular complexity index is 968. The topological polar surface area (TPSA) is 4.93 Å². The Hall–Kier alpha value is -2.32. The molecule has 0 radical (unpaired) electrons. The Kier molecular flexibility index (Phi) is 3.99. The fraction of sp³-hybridized carbons (Fsp3) is 0.0909. The van der Waals surface area contributed by atoms with Gasteiger partial charge in [0.25, 0.3) is 0 Å². The molecule has 1 heterocycles. The molecule has 0 amide bonds. The van der Waals surface area contributed by atoms with Gasteiger partial charge in [-0.2, -0.15) is 0 Å². The Morgan fingerprint density at radius 1 is 0.750 bits per heavy atom. The lowest BCUT2D eigenvalue weighted by Crippen LogP contribution is -2.02. The van der Waals surface area contributed by atoms with Crippen LogP contribution >= 0.6 is 15.9 Å². The van der Waals surface area contributed by atoms with Crippen LogP contribution in [0.1, 0.15) is 22.6 Å². The number of halogens is 1. The Balaban J connectivity index is 1.97. The molecule has 1 nitrogen and oxygen atoms in total. The second-order valence-corrected chi connectivity index (χ2v) is 7.02. The zero-order chi connectivity index (χ0) is 16.5. The summed E-state index contributed by atoms with van der Waals surface area (Å²) < 4.78 is 3.33. The number of aryl methyl sites for hydroxylation is 1. The van der Waals surface area contributed by atoms with Gasteiger partial charge in [-0.05, 0) is 34.9 Å². The first kappa shape index (κ1) is 15.2. The van der Waals surface area contributed by atoms with Crippen LogP contribution in [-0.2, 0) is 7.05 Å². The van der Waals surface area contributed by atoms with E-state index in [2.05, 4.69) is 113 Å². The van der Waals surface area contributed by atoms with E-state index >= 15 is 0 Å². The fourth-order valence-corrected chi connectivity index (χ4v) is 3.72. The molecule has 2 heteroatoms. The van der Waals surface area contributed by atoms with Crippen molar-refractivity contribution in [1.82, 2.24) is 4.57 Å². The number of nitrogens with zero attached hydrogens (tertiary/aromatic N) is 1. The minimum absolute atomic E-state index is 0.227. The second kappa shape index (κ2) is 6.29. The first-order valence-electron chi connectivity index (χ1n) is 8.08. The van der Waals surface area contributed by atoms with Gasteiger partial charge in [0, 0.05) is 34.5 Å². The van der Waals surface area contributed by atoms with E-state index in [0.29, 0.717) is 0 Å². The molecular formula is C22H18BrN. The molecular weight excluding hydrogens is 358 g/mol. The molecule has 4 aromatic rings. The van der Waals surface area contributed by atoms with Crippen LogP contribution in [0, 0.1) is 0 Å². The maximum Gasteiger partial charge on any atom is 0.0480 e. The Morgan fingerprint density at radius 2 is 1.38 bits per heavy atom. The van der Waals surface area contributed by atoms with Crippen LogP contribution in [0.15, 0.2) is 89.5 Å². The van der Waals surface area contributed by atoms with Gasteiger partial charge in [0.15, 0.2) is 0 Å². The summed E-state index contributed by atoms with van der Waals surface area (Å²) in [4.78, 5) is 0. The van der Waals surface area contributed by atoms with Gasteiger partial charge in [-0.15, -0.1) is 0 Å². The monoisotopic (exact) mass is 375 g/mol. The van der Waals surface area contributed by atoms with E-state index in [1.165, 1.54) is 27.6 Å². The maximum absolute atomic E-state index is 3.55. The molecule has 0 N–H and O–H groups in total. The third-order valence-corrected chi connectivity index (χ3v) is 5.10. The summed E-state index contributed by atoms with van der Waals surface area (Å²) in [7, 11) is 2.12. The smallest absolute Gasteiger partial charge is 0.0480 e. The van der Waals surface area contributed by atoms with Crippen LogP contribution in [0.3, 0.4) is 0 Å². The van der Waals surface area contributed by atoms with E-state index < -0.39 is 0 Å². The summed E-state index contributed by atoms with van der Waals surface area (Å²) in [6.45, 7) is 0. The van der Waals surface area contributed by atoms with Crippen LogP contribution < -0.4 is 0 Å². The largest absolute Gasteiger partial charge is 0.350 e. The lowest BCUT2D eigenvalue weighted by molar-refractivity contribution is 0.927. The average Bonchev–Trinajstić information content (AvgIpc) is 2.95. The molecule has 24 heavy (non-hydrogen) atoms. The summed E-state index contributed by atoms with van der Waals surface area (Å²) in [5.74, 6) is 0.227. The summed E-state index contributed by atoms with van der Waals surface area (Å²) >= 11 is 3.55. The Morgan fingerprint density at radius 3 is 2.12 bits per heavy atom. The molecule has 0 aliphatic heterocycles. The van der Waals surface area contributed by atoms with Crippen molar-refractivity contribution in [2.75, 3.05) is 0 Å².